The first-order valence-electron chi connectivity index (χ1n) is 15.7. The number of carboxylic acid groups (broad SMARTS) is 1. The third-order valence-corrected chi connectivity index (χ3v) is 8.79. The molecule has 4 aromatic rings. The van der Waals surface area contributed by atoms with Crippen LogP contribution >= 0.6 is 0 Å². The number of hydrogen-bond acceptors (Lipinski definition) is 8. The number of ether oxygens (including phenoxy) is 1. The Morgan fingerprint density at radius 1 is 1.00 bits per heavy atom. The molecule has 1 fully saturated rings. The van der Waals surface area contributed by atoms with E-state index >= 15 is 4.39 Å². The van der Waals surface area contributed by atoms with Gasteiger partial charge in [0.15, 0.2) is 0 Å². The fourth-order valence-electron chi connectivity index (χ4n) is 6.30. The molecular formula is C34H34F4N6O7. The predicted octanol–water partition coefficient (Wildman–Crippen LogP) is 4.77. The van der Waals surface area contributed by atoms with Crippen molar-refractivity contribution in [2.75, 3.05) is 38.2 Å². The number of nitro groups is 1. The number of rotatable bonds is 11. The van der Waals surface area contributed by atoms with E-state index in [0.29, 0.717) is 31.3 Å². The monoisotopic (exact) mass is 714 g/mol. The topological polar surface area (TPSA) is 152 Å². The molecule has 17 heteroatoms. The van der Waals surface area contributed by atoms with Gasteiger partial charge in [0.05, 0.1) is 36.7 Å². The Morgan fingerprint density at radius 2 is 1.69 bits per heavy atom. The first-order valence-corrected chi connectivity index (χ1v) is 15.7. The van der Waals surface area contributed by atoms with Crippen LogP contribution < -0.4 is 26.2 Å². The highest BCUT2D eigenvalue weighted by molar-refractivity contribution is 5.65. The molecule has 0 spiro atoms. The molecule has 2 heterocycles. The van der Waals surface area contributed by atoms with Gasteiger partial charge in [-0.3, -0.25) is 28.9 Å². The van der Waals surface area contributed by atoms with E-state index in [0.717, 1.165) is 21.3 Å². The molecule has 270 valence electrons. The zero-order chi connectivity index (χ0) is 37.0. The molecule has 3 aromatic carbocycles. The summed E-state index contributed by atoms with van der Waals surface area (Å²) in [6.07, 6.45) is -6.44. The molecule has 1 aliphatic rings. The van der Waals surface area contributed by atoms with Gasteiger partial charge >= 0.3 is 18.0 Å². The summed E-state index contributed by atoms with van der Waals surface area (Å²) in [7, 11) is 1.35. The molecule has 5 rings (SSSR count). The second-order valence-corrected chi connectivity index (χ2v) is 11.9. The number of hydrogen-bond donors (Lipinski definition) is 2. The fourth-order valence-corrected chi connectivity index (χ4v) is 6.30. The van der Waals surface area contributed by atoms with Crippen LogP contribution in [0.5, 0.6) is 5.75 Å². The summed E-state index contributed by atoms with van der Waals surface area (Å²) in [6.45, 7) is 1.49. The van der Waals surface area contributed by atoms with Gasteiger partial charge in [0, 0.05) is 61.7 Å². The van der Waals surface area contributed by atoms with Crippen LogP contribution in [-0.2, 0) is 25.8 Å². The highest BCUT2D eigenvalue weighted by Gasteiger charge is 2.35. The summed E-state index contributed by atoms with van der Waals surface area (Å²) >= 11 is 0. The van der Waals surface area contributed by atoms with Crippen LogP contribution in [0.3, 0.4) is 0 Å². The van der Waals surface area contributed by atoms with Gasteiger partial charge in [-0.2, -0.15) is 13.2 Å². The van der Waals surface area contributed by atoms with Gasteiger partial charge in [0.25, 0.3) is 11.2 Å². The van der Waals surface area contributed by atoms with Gasteiger partial charge in [-0.15, -0.1) is 0 Å². The lowest BCUT2D eigenvalue weighted by Crippen LogP contribution is -2.51. The number of non-ortho nitro benzene ring substituents is 1. The minimum absolute atomic E-state index is 0.00945. The largest absolute Gasteiger partial charge is 0.496 e. The second kappa shape index (κ2) is 15.0. The number of nitrogens with one attached hydrogen (secondary N) is 1. The Kier molecular flexibility index (Phi) is 10.8. The maximum atomic E-state index is 15.1. The van der Waals surface area contributed by atoms with Crippen molar-refractivity contribution in [3.63, 3.8) is 0 Å². The zero-order valence-electron chi connectivity index (χ0n) is 27.5. The molecule has 0 aliphatic carbocycles. The molecule has 1 saturated heterocycles. The molecule has 1 aromatic heterocycles. The quantitative estimate of drug-likeness (QED) is 0.127. The molecule has 0 unspecified atom stereocenters. The van der Waals surface area contributed by atoms with Gasteiger partial charge in [-0.25, -0.2) is 14.0 Å². The first-order chi connectivity index (χ1) is 24.2. The van der Waals surface area contributed by atoms with E-state index in [4.69, 9.17) is 4.74 Å². The van der Waals surface area contributed by atoms with Crippen molar-refractivity contribution < 1.29 is 37.1 Å². The molecule has 13 nitrogen and oxygen atoms in total. The number of halogens is 4. The lowest BCUT2D eigenvalue weighted by atomic mass is 10.1. The van der Waals surface area contributed by atoms with Crippen LogP contribution in [0.4, 0.5) is 33.7 Å². The molecule has 0 bridgehead atoms. The van der Waals surface area contributed by atoms with E-state index in [9.17, 15) is 42.8 Å². The summed E-state index contributed by atoms with van der Waals surface area (Å²) in [5.74, 6) is -0.956. The van der Waals surface area contributed by atoms with Crippen LogP contribution in [0.25, 0.3) is 0 Å². The summed E-state index contributed by atoms with van der Waals surface area (Å²) < 4.78 is 64.2. The molecule has 51 heavy (non-hydrogen) atoms. The maximum absolute atomic E-state index is 15.1. The van der Waals surface area contributed by atoms with Crippen molar-refractivity contribution >= 4 is 17.5 Å². The van der Waals surface area contributed by atoms with Crippen molar-refractivity contribution in [3.05, 3.63) is 131 Å². The summed E-state index contributed by atoms with van der Waals surface area (Å²) in [5, 5.41) is 23.2. The van der Waals surface area contributed by atoms with Crippen LogP contribution in [0, 0.1) is 22.9 Å². The van der Waals surface area contributed by atoms with Crippen molar-refractivity contribution in [1.82, 2.24) is 19.4 Å². The summed E-state index contributed by atoms with van der Waals surface area (Å²) in [6, 6.07) is 13.7. The van der Waals surface area contributed by atoms with Gasteiger partial charge < -0.3 is 20.1 Å². The molecule has 0 radical (unpaired) electrons. The van der Waals surface area contributed by atoms with E-state index < -0.39 is 64.5 Å². The van der Waals surface area contributed by atoms with E-state index in [1.54, 1.807) is 35.2 Å². The van der Waals surface area contributed by atoms with Gasteiger partial charge in [-0.05, 0) is 30.7 Å². The molecule has 0 saturated carbocycles. The molecular weight excluding hydrogens is 680 g/mol. The molecule has 2 N–H and O–H groups in total. The van der Waals surface area contributed by atoms with Gasteiger partial charge in [0.2, 0.25) is 0 Å². The smallest absolute Gasteiger partial charge is 0.416 e. The van der Waals surface area contributed by atoms with E-state index in [1.165, 1.54) is 32.2 Å². The predicted molar refractivity (Wildman–Crippen MR) is 178 cm³/mol. The lowest BCUT2D eigenvalue weighted by molar-refractivity contribution is -0.384. The summed E-state index contributed by atoms with van der Waals surface area (Å²) in [4.78, 5) is 54.7. The highest BCUT2D eigenvalue weighted by atomic mass is 19.4. The Labute approximate surface area is 288 Å². The lowest BCUT2D eigenvalue weighted by Gasteiger charge is -2.37. The number of nitrogens with zero attached hydrogens (tertiary/aromatic N) is 5. The second-order valence-electron chi connectivity index (χ2n) is 11.9. The molecule has 1 aliphatic heterocycles. The third-order valence-electron chi connectivity index (χ3n) is 8.79. The van der Waals surface area contributed by atoms with Crippen molar-refractivity contribution in [2.45, 2.75) is 38.8 Å². The van der Waals surface area contributed by atoms with Crippen LogP contribution in [0.2, 0.25) is 0 Å². The minimum atomic E-state index is -4.96. The van der Waals surface area contributed by atoms with E-state index in [-0.39, 0.29) is 41.5 Å². The Hall–Kier alpha value is -5.71. The number of aromatic nitrogens is 2. The minimum Gasteiger partial charge on any atom is -0.496 e. The first kappa shape index (κ1) is 36.6. The third kappa shape index (κ3) is 8.03. The summed E-state index contributed by atoms with van der Waals surface area (Å²) in [5.41, 5.74) is -3.11. The number of methoxy groups -OCH3 is 1. The average molecular weight is 715 g/mol. The SMILES string of the molecule is COc1ccccc1[C@H](Cn1c(=O)c(N2CCN(Cc3cccc([N+](=O)[O-])c3)CC2)c(C)n(Cc2c(F)cccc2C(F)(F)F)c1=O)NC(=O)O. The number of anilines is 1. The number of alkyl halides is 3. The van der Waals surface area contributed by atoms with Crippen molar-refractivity contribution in [2.24, 2.45) is 0 Å². The normalized spacial score (nSPS) is 14.3. The van der Waals surface area contributed by atoms with Gasteiger partial charge in [-0.1, -0.05) is 36.4 Å². The van der Waals surface area contributed by atoms with Crippen LogP contribution in [-0.4, -0.2) is 63.4 Å². The molecule has 1 amide bonds. The highest BCUT2D eigenvalue weighted by Crippen LogP contribution is 2.34. The standard InChI is InChI=1S/C34H34F4N6O7/c1-21-30(41-15-13-40(14-16-41)18-22-7-5-8-23(17-22)44(49)50)31(45)43(20-28(39-32(46)47)24-9-3-4-12-29(24)51-2)33(48)42(21)19-25-26(34(36,37)38)10-6-11-27(25)35/h3-12,17,28,39H,13-16,18-20H2,1-2H3,(H,46,47)/t28-/m0/s1. The van der Waals surface area contributed by atoms with E-state index in [2.05, 4.69) is 5.32 Å². The number of para-hydroxylation sites is 1. The van der Waals surface area contributed by atoms with Crippen molar-refractivity contribution in [3.8, 4) is 5.75 Å². The fraction of sp³-hybridized carbons (Fsp3) is 0.324. The zero-order valence-corrected chi connectivity index (χ0v) is 27.5. The Bertz CT molecular complexity index is 2060. The molecule has 1 atom stereocenters. The van der Waals surface area contributed by atoms with Crippen LogP contribution in [0.15, 0.2) is 76.3 Å². The van der Waals surface area contributed by atoms with E-state index in [1.807, 2.05) is 4.90 Å². The number of carbonyl (C=O) groups is 1. The number of nitro benzene ring substituents is 1. The number of piperazine rings is 1. The Balaban J connectivity index is 1.58. The van der Waals surface area contributed by atoms with Crippen LogP contribution in [0.1, 0.15) is 34.0 Å². The number of amides is 1. The van der Waals surface area contributed by atoms with Gasteiger partial charge in [0.1, 0.15) is 17.3 Å². The maximum Gasteiger partial charge on any atom is 0.416 e. The van der Waals surface area contributed by atoms with Crippen molar-refractivity contribution in [1.29, 1.82) is 0 Å². The number of benzene rings is 3. The average Bonchev–Trinajstić information content (AvgIpc) is 3.08. The Morgan fingerprint density at radius 3 is 2.33 bits per heavy atom.